The minimum absolute atomic E-state index is 0.623. The van der Waals surface area contributed by atoms with Crippen LogP contribution in [-0.4, -0.2) is 29.9 Å². The maximum absolute atomic E-state index is 5.30. The maximum Gasteiger partial charge on any atom is 0.223 e. The highest BCUT2D eigenvalue weighted by Crippen LogP contribution is 2.13. The molecule has 1 aromatic rings. The SMILES string of the molecule is Cc1nc(CNCC2CCOCC2)no1. The molecule has 2 rings (SSSR count). The molecule has 0 unspecified atom stereocenters. The van der Waals surface area contributed by atoms with Crippen LogP contribution in [0, 0.1) is 12.8 Å². The highest BCUT2D eigenvalue weighted by Gasteiger charge is 2.13. The summed E-state index contributed by atoms with van der Waals surface area (Å²) in [6.45, 7) is 5.29. The number of aryl methyl sites for hydroxylation is 1. The molecular formula is C10H17N3O2. The number of hydrogen-bond donors (Lipinski definition) is 1. The predicted molar refractivity (Wildman–Crippen MR) is 54.3 cm³/mol. The van der Waals surface area contributed by atoms with Crippen molar-refractivity contribution in [3.05, 3.63) is 11.7 Å². The molecule has 2 heterocycles. The molecule has 0 bridgehead atoms. The van der Waals surface area contributed by atoms with Gasteiger partial charge in [0.2, 0.25) is 5.89 Å². The van der Waals surface area contributed by atoms with Crippen molar-refractivity contribution in [3.63, 3.8) is 0 Å². The Bertz CT molecular complexity index is 295. The Morgan fingerprint density at radius 2 is 2.20 bits per heavy atom. The standard InChI is InChI=1S/C10H17N3O2/c1-8-12-10(13-15-8)7-11-6-9-2-4-14-5-3-9/h9,11H,2-7H2,1H3. The summed E-state index contributed by atoms with van der Waals surface area (Å²) in [5.74, 6) is 2.09. The molecule has 84 valence electrons. The van der Waals surface area contributed by atoms with Crippen molar-refractivity contribution in [1.29, 1.82) is 0 Å². The van der Waals surface area contributed by atoms with Crippen LogP contribution in [0.3, 0.4) is 0 Å². The lowest BCUT2D eigenvalue weighted by molar-refractivity contribution is 0.0662. The van der Waals surface area contributed by atoms with Crippen molar-refractivity contribution in [2.24, 2.45) is 5.92 Å². The van der Waals surface area contributed by atoms with Gasteiger partial charge in [0.25, 0.3) is 0 Å². The maximum atomic E-state index is 5.30. The van der Waals surface area contributed by atoms with Crippen LogP contribution in [-0.2, 0) is 11.3 Å². The molecule has 1 N–H and O–H groups in total. The lowest BCUT2D eigenvalue weighted by Crippen LogP contribution is -2.27. The topological polar surface area (TPSA) is 60.2 Å². The van der Waals surface area contributed by atoms with Gasteiger partial charge in [-0.05, 0) is 25.3 Å². The van der Waals surface area contributed by atoms with Crippen molar-refractivity contribution in [2.75, 3.05) is 19.8 Å². The first kappa shape index (κ1) is 10.6. The Balaban J connectivity index is 1.65. The second-order valence-electron chi connectivity index (χ2n) is 3.92. The zero-order valence-corrected chi connectivity index (χ0v) is 9.03. The van der Waals surface area contributed by atoms with Gasteiger partial charge in [-0.25, -0.2) is 0 Å². The van der Waals surface area contributed by atoms with E-state index in [1.807, 2.05) is 0 Å². The summed E-state index contributed by atoms with van der Waals surface area (Å²) in [4.78, 5) is 4.13. The summed E-state index contributed by atoms with van der Waals surface area (Å²) < 4.78 is 10.2. The molecule has 1 aromatic heterocycles. The average molecular weight is 211 g/mol. The largest absolute Gasteiger partial charge is 0.381 e. The summed E-state index contributed by atoms with van der Waals surface area (Å²) in [6, 6.07) is 0. The highest BCUT2D eigenvalue weighted by molar-refractivity contribution is 4.83. The normalized spacial score (nSPS) is 18.2. The van der Waals surface area contributed by atoms with Gasteiger partial charge < -0.3 is 14.6 Å². The Hall–Kier alpha value is -0.940. The third-order valence-electron chi connectivity index (χ3n) is 2.63. The van der Waals surface area contributed by atoms with Crippen LogP contribution >= 0.6 is 0 Å². The van der Waals surface area contributed by atoms with Crippen LogP contribution < -0.4 is 5.32 Å². The zero-order chi connectivity index (χ0) is 10.5. The van der Waals surface area contributed by atoms with Crippen LogP contribution in [0.5, 0.6) is 0 Å². The zero-order valence-electron chi connectivity index (χ0n) is 9.03. The van der Waals surface area contributed by atoms with Gasteiger partial charge in [0.05, 0.1) is 6.54 Å². The van der Waals surface area contributed by atoms with E-state index in [1.165, 1.54) is 0 Å². The second kappa shape index (κ2) is 5.23. The van der Waals surface area contributed by atoms with E-state index in [4.69, 9.17) is 9.26 Å². The Morgan fingerprint density at radius 3 is 2.87 bits per heavy atom. The number of nitrogens with zero attached hydrogens (tertiary/aromatic N) is 2. The van der Waals surface area contributed by atoms with E-state index in [-0.39, 0.29) is 0 Å². The molecule has 0 aliphatic carbocycles. The Morgan fingerprint density at radius 1 is 1.40 bits per heavy atom. The van der Waals surface area contributed by atoms with E-state index in [0.717, 1.165) is 44.3 Å². The van der Waals surface area contributed by atoms with E-state index < -0.39 is 0 Å². The molecule has 1 aliphatic heterocycles. The van der Waals surface area contributed by atoms with Crippen molar-refractivity contribution < 1.29 is 9.26 Å². The molecule has 0 radical (unpaired) electrons. The lowest BCUT2D eigenvalue weighted by Gasteiger charge is -2.21. The van der Waals surface area contributed by atoms with E-state index in [1.54, 1.807) is 6.92 Å². The number of hydrogen-bond acceptors (Lipinski definition) is 5. The van der Waals surface area contributed by atoms with E-state index >= 15 is 0 Å². The van der Waals surface area contributed by atoms with Crippen LogP contribution in [0.2, 0.25) is 0 Å². The molecule has 1 aliphatic rings. The van der Waals surface area contributed by atoms with Gasteiger partial charge in [-0.3, -0.25) is 0 Å². The summed E-state index contributed by atoms with van der Waals surface area (Å²) in [7, 11) is 0. The quantitative estimate of drug-likeness (QED) is 0.801. The number of aromatic nitrogens is 2. The number of nitrogens with one attached hydrogen (secondary N) is 1. The lowest BCUT2D eigenvalue weighted by atomic mass is 10.0. The monoisotopic (exact) mass is 211 g/mol. The molecule has 5 nitrogen and oxygen atoms in total. The van der Waals surface area contributed by atoms with Crippen molar-refractivity contribution >= 4 is 0 Å². The molecule has 1 saturated heterocycles. The molecule has 15 heavy (non-hydrogen) atoms. The minimum atomic E-state index is 0.623. The van der Waals surface area contributed by atoms with Crippen LogP contribution in [0.15, 0.2) is 4.52 Å². The summed E-state index contributed by atoms with van der Waals surface area (Å²) in [5.41, 5.74) is 0. The van der Waals surface area contributed by atoms with E-state index in [2.05, 4.69) is 15.5 Å². The third-order valence-corrected chi connectivity index (χ3v) is 2.63. The van der Waals surface area contributed by atoms with Gasteiger partial charge in [0, 0.05) is 20.1 Å². The third kappa shape index (κ3) is 3.28. The molecule has 0 spiro atoms. The predicted octanol–water partition coefficient (Wildman–Crippen LogP) is 0.894. The summed E-state index contributed by atoms with van der Waals surface area (Å²) in [6.07, 6.45) is 2.30. The fourth-order valence-corrected chi connectivity index (χ4v) is 1.75. The van der Waals surface area contributed by atoms with Gasteiger partial charge >= 0.3 is 0 Å². The fourth-order valence-electron chi connectivity index (χ4n) is 1.75. The Labute approximate surface area is 89.2 Å². The summed E-state index contributed by atoms with van der Waals surface area (Å²) in [5, 5.41) is 7.17. The first-order valence-electron chi connectivity index (χ1n) is 5.42. The molecule has 1 fully saturated rings. The van der Waals surface area contributed by atoms with Gasteiger partial charge in [-0.2, -0.15) is 4.98 Å². The fraction of sp³-hybridized carbons (Fsp3) is 0.800. The second-order valence-corrected chi connectivity index (χ2v) is 3.92. The molecule has 0 amide bonds. The van der Waals surface area contributed by atoms with Crippen LogP contribution in [0.25, 0.3) is 0 Å². The molecule has 0 atom stereocenters. The smallest absolute Gasteiger partial charge is 0.223 e. The van der Waals surface area contributed by atoms with Gasteiger partial charge in [-0.15, -0.1) is 0 Å². The summed E-state index contributed by atoms with van der Waals surface area (Å²) >= 11 is 0. The highest BCUT2D eigenvalue weighted by atomic mass is 16.5. The Kier molecular flexibility index (Phi) is 3.69. The van der Waals surface area contributed by atoms with Gasteiger partial charge in [-0.1, -0.05) is 5.16 Å². The van der Waals surface area contributed by atoms with Gasteiger partial charge in [0.15, 0.2) is 5.82 Å². The van der Waals surface area contributed by atoms with E-state index in [0.29, 0.717) is 12.4 Å². The minimum Gasteiger partial charge on any atom is -0.381 e. The first-order chi connectivity index (χ1) is 7.34. The molecule has 5 heteroatoms. The number of ether oxygens (including phenoxy) is 1. The van der Waals surface area contributed by atoms with Crippen molar-refractivity contribution in [2.45, 2.75) is 26.3 Å². The molecule has 0 saturated carbocycles. The number of rotatable bonds is 4. The first-order valence-corrected chi connectivity index (χ1v) is 5.42. The molecule has 0 aromatic carbocycles. The van der Waals surface area contributed by atoms with E-state index in [9.17, 15) is 0 Å². The molecular weight excluding hydrogens is 194 g/mol. The van der Waals surface area contributed by atoms with Gasteiger partial charge in [0.1, 0.15) is 0 Å². The average Bonchev–Trinajstić information content (AvgIpc) is 2.66. The van der Waals surface area contributed by atoms with Crippen molar-refractivity contribution in [3.8, 4) is 0 Å². The van der Waals surface area contributed by atoms with Crippen LogP contribution in [0.1, 0.15) is 24.6 Å². The van der Waals surface area contributed by atoms with Crippen molar-refractivity contribution in [1.82, 2.24) is 15.5 Å². The van der Waals surface area contributed by atoms with Crippen LogP contribution in [0.4, 0.5) is 0 Å².